The molecule has 0 aliphatic rings. The molecule has 0 aliphatic carbocycles. The van der Waals surface area contributed by atoms with E-state index in [-0.39, 0.29) is 11.8 Å². The summed E-state index contributed by atoms with van der Waals surface area (Å²) in [5.74, 6) is -0.434. The van der Waals surface area contributed by atoms with Crippen LogP contribution in [0.1, 0.15) is 54.3 Å². The van der Waals surface area contributed by atoms with Gasteiger partial charge in [-0.05, 0) is 13.3 Å². The number of hydrogen-bond donors (Lipinski definition) is 2. The fourth-order valence-electron chi connectivity index (χ4n) is 2.08. The van der Waals surface area contributed by atoms with Gasteiger partial charge >= 0.3 is 5.97 Å². The number of carbonyl (C=O) groups excluding carboxylic acids is 1. The van der Waals surface area contributed by atoms with Crippen molar-refractivity contribution in [2.75, 3.05) is 0 Å². The van der Waals surface area contributed by atoms with Gasteiger partial charge in [-0.15, -0.1) is 10.2 Å². The van der Waals surface area contributed by atoms with Gasteiger partial charge < -0.3 is 10.4 Å². The van der Waals surface area contributed by atoms with Gasteiger partial charge in [-0.25, -0.2) is 4.79 Å². The molecule has 2 heterocycles. The molecule has 1 amide bonds. The van der Waals surface area contributed by atoms with E-state index in [9.17, 15) is 9.59 Å². The Morgan fingerprint density at radius 3 is 2.57 bits per heavy atom. The molecule has 2 rings (SSSR count). The maximum atomic E-state index is 12.3. The van der Waals surface area contributed by atoms with Crippen molar-refractivity contribution < 1.29 is 14.7 Å². The highest BCUT2D eigenvalue weighted by molar-refractivity contribution is 7.19. The van der Waals surface area contributed by atoms with Crippen LogP contribution in [0.4, 0.5) is 0 Å². The first-order chi connectivity index (χ1) is 9.86. The molecule has 114 valence electrons. The van der Waals surface area contributed by atoms with Crippen LogP contribution >= 0.6 is 11.3 Å². The molecule has 8 heteroatoms. The van der Waals surface area contributed by atoms with E-state index in [1.54, 1.807) is 6.92 Å². The molecule has 7 nitrogen and oxygen atoms in total. The van der Waals surface area contributed by atoms with E-state index in [0.29, 0.717) is 16.3 Å². The summed E-state index contributed by atoms with van der Waals surface area (Å²) in [6, 6.07) is -0.881. The number of aliphatic carboxylic acids is 1. The average Bonchev–Trinajstić information content (AvgIpc) is 2.96. The highest BCUT2D eigenvalue weighted by atomic mass is 32.1. The molecule has 0 radical (unpaired) electrons. The molecule has 2 N–H and O–H groups in total. The molecule has 0 spiro atoms. The Kier molecular flexibility index (Phi) is 4.26. The van der Waals surface area contributed by atoms with Gasteiger partial charge in [0.15, 0.2) is 0 Å². The van der Waals surface area contributed by atoms with Crippen LogP contribution in [-0.2, 0) is 4.79 Å². The summed E-state index contributed by atoms with van der Waals surface area (Å²) < 4.78 is 1.85. The zero-order valence-corrected chi connectivity index (χ0v) is 13.2. The molecule has 0 bridgehead atoms. The minimum Gasteiger partial charge on any atom is -0.480 e. The Labute approximate surface area is 126 Å². The standard InChI is InChI=1S/C13H18N4O3S/c1-5-8(12(19)20)14-11(18)9-7(4)17-10(6(2)3)15-16-13(17)21-9/h6,8H,5H2,1-4H3,(H,14,18)(H,19,20). The van der Waals surface area contributed by atoms with Gasteiger partial charge in [0.2, 0.25) is 4.96 Å². The van der Waals surface area contributed by atoms with Crippen LogP contribution in [-0.4, -0.2) is 37.6 Å². The lowest BCUT2D eigenvalue weighted by atomic mass is 10.2. The Morgan fingerprint density at radius 2 is 2.05 bits per heavy atom. The quantitative estimate of drug-likeness (QED) is 0.878. The number of aromatic nitrogens is 3. The van der Waals surface area contributed by atoms with Gasteiger partial charge in [-0.2, -0.15) is 0 Å². The van der Waals surface area contributed by atoms with Gasteiger partial charge in [0.05, 0.1) is 0 Å². The predicted molar refractivity (Wildman–Crippen MR) is 78.9 cm³/mol. The summed E-state index contributed by atoms with van der Waals surface area (Å²) in [6.07, 6.45) is 0.335. The van der Waals surface area contributed by atoms with E-state index in [1.165, 1.54) is 11.3 Å². The minimum atomic E-state index is -1.03. The van der Waals surface area contributed by atoms with Crippen LogP contribution < -0.4 is 5.32 Å². The third-order valence-corrected chi connectivity index (χ3v) is 4.38. The number of nitrogens with one attached hydrogen (secondary N) is 1. The first-order valence-corrected chi connectivity index (χ1v) is 7.56. The Hall–Kier alpha value is -1.96. The van der Waals surface area contributed by atoms with Crippen LogP contribution in [0.5, 0.6) is 0 Å². The number of thiazole rings is 1. The van der Waals surface area contributed by atoms with Gasteiger partial charge in [-0.1, -0.05) is 32.1 Å². The number of nitrogens with zero attached hydrogens (tertiary/aromatic N) is 3. The van der Waals surface area contributed by atoms with E-state index in [2.05, 4.69) is 15.5 Å². The van der Waals surface area contributed by atoms with Crippen LogP contribution in [0.3, 0.4) is 0 Å². The molecule has 2 aromatic rings. The maximum absolute atomic E-state index is 12.3. The fourth-order valence-corrected chi connectivity index (χ4v) is 3.05. The highest BCUT2D eigenvalue weighted by Gasteiger charge is 2.24. The second-order valence-electron chi connectivity index (χ2n) is 5.12. The summed E-state index contributed by atoms with van der Waals surface area (Å²) in [6.45, 7) is 7.54. The number of fused-ring (bicyclic) bond motifs is 1. The van der Waals surface area contributed by atoms with Crippen molar-refractivity contribution in [3.05, 3.63) is 16.4 Å². The van der Waals surface area contributed by atoms with Crippen LogP contribution in [0, 0.1) is 6.92 Å². The van der Waals surface area contributed by atoms with Gasteiger partial charge in [0.1, 0.15) is 16.7 Å². The lowest BCUT2D eigenvalue weighted by Gasteiger charge is -2.11. The fraction of sp³-hybridized carbons (Fsp3) is 0.538. The minimum absolute atomic E-state index is 0.187. The third kappa shape index (κ3) is 2.76. The van der Waals surface area contributed by atoms with Crippen molar-refractivity contribution in [2.45, 2.75) is 46.1 Å². The number of amides is 1. The summed E-state index contributed by atoms with van der Waals surface area (Å²) in [5.41, 5.74) is 0.737. The first-order valence-electron chi connectivity index (χ1n) is 6.74. The topological polar surface area (TPSA) is 96.6 Å². The van der Waals surface area contributed by atoms with Crippen molar-refractivity contribution in [2.24, 2.45) is 0 Å². The third-order valence-electron chi connectivity index (χ3n) is 3.25. The zero-order valence-electron chi connectivity index (χ0n) is 12.4. The Bertz CT molecular complexity index is 689. The maximum Gasteiger partial charge on any atom is 0.326 e. The van der Waals surface area contributed by atoms with Crippen LogP contribution in [0.25, 0.3) is 4.96 Å². The second-order valence-corrected chi connectivity index (χ2v) is 6.10. The lowest BCUT2D eigenvalue weighted by Crippen LogP contribution is -2.40. The van der Waals surface area contributed by atoms with Gasteiger partial charge in [-0.3, -0.25) is 9.20 Å². The number of hydrogen-bond acceptors (Lipinski definition) is 5. The summed E-state index contributed by atoms with van der Waals surface area (Å²) >= 11 is 1.22. The SMILES string of the molecule is CCC(NC(=O)c1sc2nnc(C(C)C)n2c1C)C(=O)O. The molecule has 1 atom stereocenters. The molecule has 1 unspecified atom stereocenters. The molecule has 21 heavy (non-hydrogen) atoms. The average molecular weight is 310 g/mol. The zero-order chi connectivity index (χ0) is 15.7. The number of carboxylic acid groups (broad SMARTS) is 1. The number of carbonyl (C=O) groups is 2. The van der Waals surface area contributed by atoms with Gasteiger partial charge in [0.25, 0.3) is 5.91 Å². The molecule has 0 aliphatic heterocycles. The van der Waals surface area contributed by atoms with E-state index < -0.39 is 12.0 Å². The largest absolute Gasteiger partial charge is 0.480 e. The van der Waals surface area contributed by atoms with E-state index in [4.69, 9.17) is 5.11 Å². The second kappa shape index (κ2) is 5.80. The number of carboxylic acids is 1. The molecule has 0 saturated carbocycles. The normalized spacial score (nSPS) is 12.8. The summed E-state index contributed by atoms with van der Waals surface area (Å²) in [5, 5.41) is 19.7. The Balaban J connectivity index is 2.36. The molecule has 0 aromatic carbocycles. The van der Waals surface area contributed by atoms with Crippen molar-refractivity contribution in [3.8, 4) is 0 Å². The van der Waals surface area contributed by atoms with Crippen LogP contribution in [0.15, 0.2) is 0 Å². The van der Waals surface area contributed by atoms with Gasteiger partial charge in [0, 0.05) is 11.6 Å². The Morgan fingerprint density at radius 1 is 1.38 bits per heavy atom. The van der Waals surface area contributed by atoms with E-state index in [1.807, 2.05) is 25.2 Å². The van der Waals surface area contributed by atoms with Crippen molar-refractivity contribution in [3.63, 3.8) is 0 Å². The number of aryl methyl sites for hydroxylation is 1. The van der Waals surface area contributed by atoms with Crippen LogP contribution in [0.2, 0.25) is 0 Å². The first kappa shape index (κ1) is 15.4. The lowest BCUT2D eigenvalue weighted by molar-refractivity contribution is -0.139. The molecule has 0 saturated heterocycles. The molecular formula is C13H18N4O3S. The molecule has 0 fully saturated rings. The monoisotopic (exact) mass is 310 g/mol. The molecular weight excluding hydrogens is 292 g/mol. The van der Waals surface area contributed by atoms with E-state index in [0.717, 1.165) is 11.5 Å². The van der Waals surface area contributed by atoms with Crippen molar-refractivity contribution in [1.29, 1.82) is 0 Å². The van der Waals surface area contributed by atoms with Crippen molar-refractivity contribution >= 4 is 28.2 Å². The summed E-state index contributed by atoms with van der Waals surface area (Å²) in [4.78, 5) is 24.4. The highest BCUT2D eigenvalue weighted by Crippen LogP contribution is 2.25. The summed E-state index contributed by atoms with van der Waals surface area (Å²) in [7, 11) is 0. The smallest absolute Gasteiger partial charge is 0.326 e. The molecule has 2 aromatic heterocycles. The van der Waals surface area contributed by atoms with E-state index >= 15 is 0 Å². The predicted octanol–water partition coefficient (Wildman–Crippen LogP) is 1.82. The number of rotatable bonds is 5. The van der Waals surface area contributed by atoms with Crippen molar-refractivity contribution in [1.82, 2.24) is 19.9 Å².